The summed E-state index contributed by atoms with van der Waals surface area (Å²) in [6.45, 7) is 1.21. The van der Waals surface area contributed by atoms with Crippen LogP contribution in [-0.2, 0) is 14.8 Å². The Morgan fingerprint density at radius 3 is 2.63 bits per heavy atom. The number of piperidine rings is 1. The SMILES string of the molecule is CS(=O)(=O)NC1CCCN(C(=O)C2CCC(N)C2)C1. The van der Waals surface area contributed by atoms with E-state index >= 15 is 0 Å². The molecule has 0 aromatic heterocycles. The Hall–Kier alpha value is -0.660. The van der Waals surface area contributed by atoms with Gasteiger partial charge in [0, 0.05) is 31.1 Å². The van der Waals surface area contributed by atoms with Gasteiger partial charge >= 0.3 is 0 Å². The fraction of sp³-hybridized carbons (Fsp3) is 0.917. The Bertz CT molecular complexity index is 438. The minimum atomic E-state index is -3.21. The molecule has 2 fully saturated rings. The van der Waals surface area contributed by atoms with Crippen molar-refractivity contribution in [3.63, 3.8) is 0 Å². The molecule has 2 aliphatic rings. The molecule has 3 N–H and O–H groups in total. The number of hydrogen-bond acceptors (Lipinski definition) is 4. The van der Waals surface area contributed by atoms with Gasteiger partial charge in [-0.1, -0.05) is 0 Å². The second kappa shape index (κ2) is 5.76. The van der Waals surface area contributed by atoms with Crippen LogP contribution in [0.1, 0.15) is 32.1 Å². The van der Waals surface area contributed by atoms with E-state index in [-0.39, 0.29) is 23.9 Å². The fourth-order valence-corrected chi connectivity index (χ4v) is 3.87. The largest absolute Gasteiger partial charge is 0.341 e. The van der Waals surface area contributed by atoms with Crippen LogP contribution in [0.25, 0.3) is 0 Å². The van der Waals surface area contributed by atoms with Crippen molar-refractivity contribution in [2.45, 2.75) is 44.2 Å². The van der Waals surface area contributed by atoms with Gasteiger partial charge in [-0.2, -0.15) is 0 Å². The van der Waals surface area contributed by atoms with Crippen molar-refractivity contribution in [1.82, 2.24) is 9.62 Å². The van der Waals surface area contributed by atoms with Gasteiger partial charge in [-0.25, -0.2) is 13.1 Å². The molecule has 1 heterocycles. The average Bonchev–Trinajstić information content (AvgIpc) is 2.73. The first-order valence-corrected chi connectivity index (χ1v) is 8.76. The number of rotatable bonds is 3. The molecule has 3 atom stereocenters. The predicted molar refractivity (Wildman–Crippen MR) is 72.9 cm³/mol. The van der Waals surface area contributed by atoms with Gasteiger partial charge in [-0.3, -0.25) is 4.79 Å². The highest BCUT2D eigenvalue weighted by Crippen LogP contribution is 2.27. The van der Waals surface area contributed by atoms with Gasteiger partial charge in [0.15, 0.2) is 0 Å². The summed E-state index contributed by atoms with van der Waals surface area (Å²) < 4.78 is 25.1. The van der Waals surface area contributed by atoms with E-state index in [1.165, 1.54) is 0 Å². The highest BCUT2D eigenvalue weighted by atomic mass is 32.2. The molecule has 19 heavy (non-hydrogen) atoms. The molecule has 1 amide bonds. The number of carbonyl (C=O) groups is 1. The smallest absolute Gasteiger partial charge is 0.225 e. The summed E-state index contributed by atoms with van der Waals surface area (Å²) in [4.78, 5) is 14.2. The van der Waals surface area contributed by atoms with Gasteiger partial charge in [0.05, 0.1) is 6.26 Å². The van der Waals surface area contributed by atoms with Crippen molar-refractivity contribution in [1.29, 1.82) is 0 Å². The summed E-state index contributed by atoms with van der Waals surface area (Å²) >= 11 is 0. The first-order chi connectivity index (χ1) is 8.85. The average molecular weight is 289 g/mol. The molecule has 0 spiro atoms. The minimum Gasteiger partial charge on any atom is -0.341 e. The van der Waals surface area contributed by atoms with Gasteiger partial charge < -0.3 is 10.6 Å². The van der Waals surface area contributed by atoms with Crippen LogP contribution in [0.4, 0.5) is 0 Å². The number of carbonyl (C=O) groups excluding carboxylic acids is 1. The zero-order valence-electron chi connectivity index (χ0n) is 11.3. The van der Waals surface area contributed by atoms with Crippen molar-refractivity contribution < 1.29 is 13.2 Å². The van der Waals surface area contributed by atoms with E-state index in [1.54, 1.807) is 4.90 Å². The molecule has 7 heteroatoms. The van der Waals surface area contributed by atoms with E-state index in [1.807, 2.05) is 0 Å². The Balaban J connectivity index is 1.91. The van der Waals surface area contributed by atoms with Crippen LogP contribution >= 0.6 is 0 Å². The zero-order chi connectivity index (χ0) is 14.0. The third-order valence-corrected chi connectivity index (χ3v) is 4.70. The summed E-state index contributed by atoms with van der Waals surface area (Å²) in [5, 5.41) is 0. The monoisotopic (exact) mass is 289 g/mol. The minimum absolute atomic E-state index is 0.0342. The van der Waals surface area contributed by atoms with Crippen LogP contribution < -0.4 is 10.5 Å². The molecular weight excluding hydrogens is 266 g/mol. The number of amides is 1. The Morgan fingerprint density at radius 2 is 2.05 bits per heavy atom. The maximum Gasteiger partial charge on any atom is 0.225 e. The third-order valence-electron chi connectivity index (χ3n) is 3.94. The maximum atomic E-state index is 12.4. The van der Waals surface area contributed by atoms with Crippen LogP contribution in [0, 0.1) is 5.92 Å². The van der Waals surface area contributed by atoms with Crippen molar-refractivity contribution in [3.8, 4) is 0 Å². The van der Waals surface area contributed by atoms with E-state index in [0.29, 0.717) is 6.54 Å². The second-order valence-electron chi connectivity index (χ2n) is 5.78. The number of hydrogen-bond donors (Lipinski definition) is 2. The highest BCUT2D eigenvalue weighted by Gasteiger charge is 2.33. The van der Waals surface area contributed by atoms with Crippen molar-refractivity contribution >= 4 is 15.9 Å². The lowest BCUT2D eigenvalue weighted by atomic mass is 10.0. The molecule has 0 bridgehead atoms. The molecular formula is C12H23N3O3S. The van der Waals surface area contributed by atoms with E-state index in [4.69, 9.17) is 5.73 Å². The maximum absolute atomic E-state index is 12.4. The molecule has 110 valence electrons. The van der Waals surface area contributed by atoms with E-state index in [2.05, 4.69) is 4.72 Å². The molecule has 2 rings (SSSR count). The van der Waals surface area contributed by atoms with Crippen molar-refractivity contribution in [2.75, 3.05) is 19.3 Å². The van der Waals surface area contributed by atoms with Crippen LogP contribution in [0.5, 0.6) is 0 Å². The van der Waals surface area contributed by atoms with E-state index < -0.39 is 10.0 Å². The number of nitrogens with one attached hydrogen (secondary N) is 1. The molecule has 0 aromatic rings. The zero-order valence-corrected chi connectivity index (χ0v) is 12.2. The Labute approximate surface area is 114 Å². The van der Waals surface area contributed by atoms with Crippen molar-refractivity contribution in [3.05, 3.63) is 0 Å². The summed E-state index contributed by atoms with van der Waals surface area (Å²) in [7, 11) is -3.21. The summed E-state index contributed by atoms with van der Waals surface area (Å²) in [5.41, 5.74) is 5.84. The van der Waals surface area contributed by atoms with E-state index in [0.717, 1.165) is 44.9 Å². The lowest BCUT2D eigenvalue weighted by molar-refractivity contribution is -0.136. The fourth-order valence-electron chi connectivity index (χ4n) is 3.08. The molecule has 1 aliphatic heterocycles. The summed E-state index contributed by atoms with van der Waals surface area (Å²) in [5.74, 6) is 0.180. The molecule has 1 saturated carbocycles. The van der Waals surface area contributed by atoms with Crippen LogP contribution in [0.2, 0.25) is 0 Å². The highest BCUT2D eigenvalue weighted by molar-refractivity contribution is 7.88. The first kappa shape index (κ1) is 14.7. The van der Waals surface area contributed by atoms with Gasteiger partial charge in [0.1, 0.15) is 0 Å². The van der Waals surface area contributed by atoms with Crippen LogP contribution in [0.15, 0.2) is 0 Å². The summed E-state index contributed by atoms with van der Waals surface area (Å²) in [6, 6.07) is -0.00791. The van der Waals surface area contributed by atoms with Crippen LogP contribution in [0.3, 0.4) is 0 Å². The molecule has 0 aromatic carbocycles. The number of nitrogens with zero attached hydrogens (tertiary/aromatic N) is 1. The number of likely N-dealkylation sites (tertiary alicyclic amines) is 1. The van der Waals surface area contributed by atoms with Crippen LogP contribution in [-0.4, -0.2) is 50.7 Å². The first-order valence-electron chi connectivity index (χ1n) is 6.87. The van der Waals surface area contributed by atoms with Gasteiger partial charge in [-0.15, -0.1) is 0 Å². The molecule has 1 aliphatic carbocycles. The van der Waals surface area contributed by atoms with Gasteiger partial charge in [-0.05, 0) is 32.1 Å². The normalized spacial score (nSPS) is 32.5. The lowest BCUT2D eigenvalue weighted by Crippen LogP contribution is -2.50. The van der Waals surface area contributed by atoms with Gasteiger partial charge in [0.25, 0.3) is 0 Å². The number of nitrogens with two attached hydrogens (primary N) is 1. The standard InChI is InChI=1S/C12H23N3O3S/c1-19(17,18)14-11-3-2-6-15(8-11)12(16)9-4-5-10(13)7-9/h9-11,14H,2-8,13H2,1H3. The van der Waals surface area contributed by atoms with Crippen molar-refractivity contribution in [2.24, 2.45) is 11.7 Å². The van der Waals surface area contributed by atoms with Gasteiger partial charge in [0.2, 0.25) is 15.9 Å². The third kappa shape index (κ3) is 4.15. The Morgan fingerprint density at radius 1 is 1.32 bits per heavy atom. The second-order valence-corrected chi connectivity index (χ2v) is 7.56. The predicted octanol–water partition coefficient (Wildman–Crippen LogP) is -0.346. The topological polar surface area (TPSA) is 92.5 Å². The lowest BCUT2D eigenvalue weighted by Gasteiger charge is -2.34. The summed E-state index contributed by atoms with van der Waals surface area (Å²) in [6.07, 6.45) is 5.33. The molecule has 0 radical (unpaired) electrons. The quantitative estimate of drug-likeness (QED) is 0.743. The molecule has 1 saturated heterocycles. The molecule has 6 nitrogen and oxygen atoms in total. The molecule has 3 unspecified atom stereocenters. The van der Waals surface area contributed by atoms with E-state index in [9.17, 15) is 13.2 Å². The Kier molecular flexibility index (Phi) is 4.47. The number of sulfonamides is 1.